The topological polar surface area (TPSA) is 61.5 Å². The van der Waals surface area contributed by atoms with E-state index in [1.165, 1.54) is 7.11 Å². The van der Waals surface area contributed by atoms with Crippen LogP contribution < -0.4 is 5.90 Å². The van der Waals surface area contributed by atoms with Crippen molar-refractivity contribution in [1.82, 2.24) is 0 Å². The van der Waals surface area contributed by atoms with Gasteiger partial charge in [-0.2, -0.15) is 0 Å². The van der Waals surface area contributed by atoms with E-state index >= 15 is 0 Å². The van der Waals surface area contributed by atoms with Gasteiger partial charge in [0.25, 0.3) is 0 Å². The van der Waals surface area contributed by atoms with E-state index in [2.05, 4.69) is 9.57 Å². The van der Waals surface area contributed by atoms with Crippen molar-refractivity contribution >= 4 is 5.97 Å². The molecule has 0 atom stereocenters. The van der Waals surface area contributed by atoms with E-state index in [0.717, 1.165) is 19.3 Å². The molecule has 12 heavy (non-hydrogen) atoms. The summed E-state index contributed by atoms with van der Waals surface area (Å²) in [5, 5.41) is 0. The van der Waals surface area contributed by atoms with Gasteiger partial charge in [-0.05, 0) is 12.8 Å². The van der Waals surface area contributed by atoms with Crippen LogP contribution in [0.2, 0.25) is 0 Å². The molecule has 4 nitrogen and oxygen atoms in total. The summed E-state index contributed by atoms with van der Waals surface area (Å²) in [6.07, 6.45) is 3.61. The maximum Gasteiger partial charge on any atom is 0.306 e. The lowest BCUT2D eigenvalue weighted by atomic mass is 9.67. The summed E-state index contributed by atoms with van der Waals surface area (Å²) < 4.78 is 4.59. The molecule has 0 saturated heterocycles. The summed E-state index contributed by atoms with van der Waals surface area (Å²) in [6, 6.07) is 0. The second-order valence-corrected chi connectivity index (χ2v) is 3.42. The Kier molecular flexibility index (Phi) is 3.05. The molecule has 0 aromatic carbocycles. The summed E-state index contributed by atoms with van der Waals surface area (Å²) in [7, 11) is 1.40. The summed E-state index contributed by atoms with van der Waals surface area (Å²) >= 11 is 0. The molecular formula is C8H15NO3. The molecule has 0 bridgehead atoms. The van der Waals surface area contributed by atoms with Gasteiger partial charge in [0, 0.05) is 5.41 Å². The third-order valence-corrected chi connectivity index (χ3v) is 2.55. The summed E-state index contributed by atoms with van der Waals surface area (Å²) in [5.41, 5.74) is -0.0259. The molecule has 70 valence electrons. The van der Waals surface area contributed by atoms with Crippen LogP contribution in [0.4, 0.5) is 0 Å². The minimum Gasteiger partial charge on any atom is -0.469 e. The van der Waals surface area contributed by atoms with Gasteiger partial charge in [0.1, 0.15) is 0 Å². The number of carbonyl (C=O) groups excluding carboxylic acids is 1. The molecule has 4 heteroatoms. The van der Waals surface area contributed by atoms with Crippen molar-refractivity contribution in [1.29, 1.82) is 0 Å². The lowest BCUT2D eigenvalue weighted by molar-refractivity contribution is -0.147. The first-order chi connectivity index (χ1) is 5.72. The summed E-state index contributed by atoms with van der Waals surface area (Å²) in [5.74, 6) is 4.81. The molecule has 1 fully saturated rings. The Morgan fingerprint density at radius 2 is 2.25 bits per heavy atom. The van der Waals surface area contributed by atoms with Crippen LogP contribution in [0.25, 0.3) is 0 Å². The van der Waals surface area contributed by atoms with Gasteiger partial charge in [-0.1, -0.05) is 6.42 Å². The third-order valence-electron chi connectivity index (χ3n) is 2.55. The summed E-state index contributed by atoms with van der Waals surface area (Å²) in [6.45, 7) is 0.460. The molecule has 0 heterocycles. The van der Waals surface area contributed by atoms with Gasteiger partial charge >= 0.3 is 5.97 Å². The van der Waals surface area contributed by atoms with Crippen LogP contribution in [0.3, 0.4) is 0 Å². The van der Waals surface area contributed by atoms with E-state index in [1.807, 2.05) is 0 Å². The molecular weight excluding hydrogens is 158 g/mol. The molecule has 0 aliphatic heterocycles. The minimum absolute atomic E-state index is 0.0259. The lowest BCUT2D eigenvalue weighted by Crippen LogP contribution is -2.37. The fraction of sp³-hybridized carbons (Fsp3) is 0.875. The average Bonchev–Trinajstić information content (AvgIpc) is 2.00. The maximum absolute atomic E-state index is 11.0. The standard InChI is InChI=1S/C8H15NO3/c1-11-7(10)5-8(6-12-9)3-2-4-8/h2-6,9H2,1H3. The third kappa shape index (κ3) is 1.95. The van der Waals surface area contributed by atoms with E-state index in [9.17, 15) is 4.79 Å². The second kappa shape index (κ2) is 3.87. The van der Waals surface area contributed by atoms with Crippen molar-refractivity contribution in [3.8, 4) is 0 Å². The van der Waals surface area contributed by atoms with Gasteiger partial charge in [-0.25, -0.2) is 5.90 Å². The fourth-order valence-electron chi connectivity index (χ4n) is 1.60. The number of nitrogens with two attached hydrogens (primary N) is 1. The molecule has 1 rings (SSSR count). The van der Waals surface area contributed by atoms with E-state index in [-0.39, 0.29) is 11.4 Å². The van der Waals surface area contributed by atoms with Gasteiger partial charge in [-0.3, -0.25) is 4.79 Å². The largest absolute Gasteiger partial charge is 0.469 e. The van der Waals surface area contributed by atoms with Crippen molar-refractivity contribution in [3.63, 3.8) is 0 Å². The van der Waals surface area contributed by atoms with Crippen LogP contribution in [0.15, 0.2) is 0 Å². The number of esters is 1. The highest BCUT2D eigenvalue weighted by atomic mass is 16.6. The number of carbonyl (C=O) groups is 1. The van der Waals surface area contributed by atoms with Gasteiger partial charge in [0.15, 0.2) is 0 Å². The first-order valence-electron chi connectivity index (χ1n) is 4.11. The first kappa shape index (κ1) is 9.48. The highest BCUT2D eigenvalue weighted by Crippen LogP contribution is 2.44. The number of methoxy groups -OCH3 is 1. The number of hydrogen-bond acceptors (Lipinski definition) is 4. The zero-order valence-electron chi connectivity index (χ0n) is 7.34. The minimum atomic E-state index is -0.174. The van der Waals surface area contributed by atoms with Crippen LogP contribution in [0.5, 0.6) is 0 Å². The zero-order valence-corrected chi connectivity index (χ0v) is 7.34. The zero-order chi connectivity index (χ0) is 9.03. The Labute approximate surface area is 72.0 Å². The van der Waals surface area contributed by atoms with Crippen molar-refractivity contribution in [2.24, 2.45) is 11.3 Å². The van der Waals surface area contributed by atoms with Crippen molar-refractivity contribution in [2.75, 3.05) is 13.7 Å². The Morgan fingerprint density at radius 1 is 1.58 bits per heavy atom. The Bertz CT molecular complexity index is 166. The van der Waals surface area contributed by atoms with Crippen LogP contribution >= 0.6 is 0 Å². The van der Waals surface area contributed by atoms with Crippen molar-refractivity contribution < 1.29 is 14.4 Å². The van der Waals surface area contributed by atoms with Crippen LogP contribution in [0.1, 0.15) is 25.7 Å². The van der Waals surface area contributed by atoms with Crippen LogP contribution in [0, 0.1) is 5.41 Å². The molecule has 0 spiro atoms. The predicted molar refractivity (Wildman–Crippen MR) is 43.1 cm³/mol. The monoisotopic (exact) mass is 173 g/mol. The summed E-state index contributed by atoms with van der Waals surface area (Å²) in [4.78, 5) is 15.6. The molecule has 0 unspecified atom stereocenters. The molecule has 1 aliphatic carbocycles. The highest BCUT2D eigenvalue weighted by molar-refractivity contribution is 5.70. The molecule has 2 N–H and O–H groups in total. The van der Waals surface area contributed by atoms with Crippen LogP contribution in [-0.2, 0) is 14.4 Å². The van der Waals surface area contributed by atoms with Gasteiger partial charge in [0.2, 0.25) is 0 Å². The second-order valence-electron chi connectivity index (χ2n) is 3.42. The van der Waals surface area contributed by atoms with Gasteiger partial charge in [0.05, 0.1) is 20.1 Å². The Balaban J connectivity index is 2.39. The molecule has 0 aromatic rings. The normalized spacial score (nSPS) is 19.8. The number of rotatable bonds is 4. The van der Waals surface area contributed by atoms with E-state index < -0.39 is 0 Å². The molecule has 0 aromatic heterocycles. The van der Waals surface area contributed by atoms with Crippen molar-refractivity contribution in [2.45, 2.75) is 25.7 Å². The van der Waals surface area contributed by atoms with E-state index in [4.69, 9.17) is 5.90 Å². The van der Waals surface area contributed by atoms with Crippen molar-refractivity contribution in [3.05, 3.63) is 0 Å². The molecule has 1 aliphatic rings. The molecule has 1 saturated carbocycles. The average molecular weight is 173 g/mol. The molecule has 0 amide bonds. The smallest absolute Gasteiger partial charge is 0.306 e. The number of ether oxygens (including phenoxy) is 1. The van der Waals surface area contributed by atoms with Crippen LogP contribution in [-0.4, -0.2) is 19.7 Å². The lowest BCUT2D eigenvalue weighted by Gasteiger charge is -2.39. The Morgan fingerprint density at radius 3 is 2.58 bits per heavy atom. The fourth-order valence-corrected chi connectivity index (χ4v) is 1.60. The first-order valence-corrected chi connectivity index (χ1v) is 4.11. The van der Waals surface area contributed by atoms with Gasteiger partial charge in [-0.15, -0.1) is 0 Å². The predicted octanol–water partition coefficient (Wildman–Crippen LogP) is 0.610. The van der Waals surface area contributed by atoms with E-state index in [0.29, 0.717) is 13.0 Å². The quantitative estimate of drug-likeness (QED) is 0.500. The highest BCUT2D eigenvalue weighted by Gasteiger charge is 2.39. The van der Waals surface area contributed by atoms with Gasteiger partial charge < -0.3 is 9.57 Å². The Hall–Kier alpha value is -0.610. The molecule has 0 radical (unpaired) electrons. The maximum atomic E-state index is 11.0. The van der Waals surface area contributed by atoms with E-state index in [1.54, 1.807) is 0 Å². The number of hydrogen-bond donors (Lipinski definition) is 1. The SMILES string of the molecule is COC(=O)CC1(CON)CCC1.